The molecule has 0 aromatic heterocycles. The predicted molar refractivity (Wildman–Crippen MR) is 74.1 cm³/mol. The van der Waals surface area contributed by atoms with Crippen LogP contribution in [-0.2, 0) is 14.8 Å². The number of ether oxygens (including phenoxy) is 1. The van der Waals surface area contributed by atoms with E-state index in [-0.39, 0.29) is 22.8 Å². The first kappa shape index (κ1) is 16.4. The van der Waals surface area contributed by atoms with Crippen molar-refractivity contribution < 1.29 is 23.1 Å². The van der Waals surface area contributed by atoms with Crippen LogP contribution in [0, 0.1) is 0 Å². The smallest absolute Gasteiger partial charge is 0.337 e. The number of anilines is 1. The number of hydrogen-bond donors (Lipinski definition) is 3. The topological polar surface area (TPSA) is 119 Å². The molecular formula is C12H18N2O5S. The lowest BCUT2D eigenvalue weighted by atomic mass is 10.2. The quantitative estimate of drug-likeness (QED) is 0.637. The third-order valence-corrected chi connectivity index (χ3v) is 4.27. The number of benzene rings is 1. The van der Waals surface area contributed by atoms with Gasteiger partial charge in [0, 0.05) is 18.8 Å². The van der Waals surface area contributed by atoms with Crippen LogP contribution in [0.3, 0.4) is 0 Å². The van der Waals surface area contributed by atoms with E-state index >= 15 is 0 Å². The van der Waals surface area contributed by atoms with Crippen LogP contribution in [0.4, 0.5) is 5.69 Å². The summed E-state index contributed by atoms with van der Waals surface area (Å²) in [5.74, 6) is -1.33. The molecule has 0 amide bonds. The van der Waals surface area contributed by atoms with Gasteiger partial charge in [0.2, 0.25) is 10.0 Å². The summed E-state index contributed by atoms with van der Waals surface area (Å²) in [5.41, 5.74) is 5.39. The van der Waals surface area contributed by atoms with Crippen LogP contribution < -0.4 is 10.5 Å². The minimum Gasteiger partial charge on any atom is -0.478 e. The van der Waals surface area contributed by atoms with E-state index in [0.717, 1.165) is 6.07 Å². The van der Waals surface area contributed by atoms with E-state index in [1.54, 1.807) is 6.92 Å². The number of methoxy groups -OCH3 is 1. The van der Waals surface area contributed by atoms with E-state index in [0.29, 0.717) is 6.42 Å². The van der Waals surface area contributed by atoms with Crippen molar-refractivity contribution in [2.24, 2.45) is 0 Å². The summed E-state index contributed by atoms with van der Waals surface area (Å²) in [6.45, 7) is 1.99. The van der Waals surface area contributed by atoms with Crippen molar-refractivity contribution in [3.8, 4) is 0 Å². The lowest BCUT2D eigenvalue weighted by molar-refractivity contribution is 0.0692. The first-order valence-electron chi connectivity index (χ1n) is 5.96. The molecule has 112 valence electrons. The van der Waals surface area contributed by atoms with Crippen LogP contribution in [-0.4, -0.2) is 39.3 Å². The van der Waals surface area contributed by atoms with Gasteiger partial charge in [-0.05, 0) is 24.6 Å². The van der Waals surface area contributed by atoms with Gasteiger partial charge in [0.15, 0.2) is 0 Å². The second-order valence-electron chi connectivity index (χ2n) is 4.24. The molecule has 0 fully saturated rings. The average Bonchev–Trinajstić information content (AvgIpc) is 2.37. The third-order valence-electron chi connectivity index (χ3n) is 2.71. The van der Waals surface area contributed by atoms with Crippen molar-refractivity contribution >= 4 is 21.7 Å². The number of carbonyl (C=O) groups is 1. The van der Waals surface area contributed by atoms with Gasteiger partial charge in [-0.1, -0.05) is 6.92 Å². The monoisotopic (exact) mass is 302 g/mol. The Balaban J connectivity index is 3.21. The van der Waals surface area contributed by atoms with Crippen LogP contribution in [0.5, 0.6) is 0 Å². The molecule has 0 aliphatic heterocycles. The van der Waals surface area contributed by atoms with E-state index < -0.39 is 22.0 Å². The van der Waals surface area contributed by atoms with Crippen LogP contribution in [0.25, 0.3) is 0 Å². The Morgan fingerprint density at radius 1 is 1.50 bits per heavy atom. The first-order valence-corrected chi connectivity index (χ1v) is 7.44. The minimum absolute atomic E-state index is 0.176. The predicted octanol–water partition coefficient (Wildman–Crippen LogP) is 0.670. The Labute approximate surface area is 117 Å². The highest BCUT2D eigenvalue weighted by molar-refractivity contribution is 7.89. The summed E-state index contributed by atoms with van der Waals surface area (Å²) < 4.78 is 31.9. The second-order valence-corrected chi connectivity index (χ2v) is 5.92. The van der Waals surface area contributed by atoms with Gasteiger partial charge in [-0.3, -0.25) is 0 Å². The van der Waals surface area contributed by atoms with Gasteiger partial charge in [-0.25, -0.2) is 17.9 Å². The van der Waals surface area contributed by atoms with E-state index in [2.05, 4.69) is 4.72 Å². The summed E-state index contributed by atoms with van der Waals surface area (Å²) in [6, 6.07) is 3.21. The average molecular weight is 302 g/mol. The number of nitrogen functional groups attached to an aromatic ring is 1. The maximum Gasteiger partial charge on any atom is 0.337 e. The molecule has 0 heterocycles. The number of hydrogen-bond acceptors (Lipinski definition) is 5. The standard InChI is InChI=1S/C12H18N2O5S/c1-3-9(7-19-2)14-20(17,18)11-6-8(13)4-5-10(11)12(15)16/h4-6,9,14H,3,7,13H2,1-2H3,(H,15,16). The fourth-order valence-corrected chi connectivity index (χ4v) is 3.19. The minimum atomic E-state index is -3.98. The highest BCUT2D eigenvalue weighted by Gasteiger charge is 2.25. The SMILES string of the molecule is CCC(COC)NS(=O)(=O)c1cc(N)ccc1C(=O)O. The molecule has 0 saturated heterocycles. The van der Waals surface area contributed by atoms with Crippen molar-refractivity contribution in [2.75, 3.05) is 19.5 Å². The largest absolute Gasteiger partial charge is 0.478 e. The first-order chi connectivity index (χ1) is 9.31. The number of carboxylic acid groups (broad SMARTS) is 1. The molecule has 20 heavy (non-hydrogen) atoms. The second kappa shape index (κ2) is 6.69. The van der Waals surface area contributed by atoms with Crippen molar-refractivity contribution in [3.63, 3.8) is 0 Å². The number of rotatable bonds is 7. The third kappa shape index (κ3) is 3.92. The fourth-order valence-electron chi connectivity index (χ4n) is 1.66. The molecule has 0 aliphatic rings. The molecule has 8 heteroatoms. The lowest BCUT2D eigenvalue weighted by Crippen LogP contribution is -2.38. The Morgan fingerprint density at radius 2 is 2.15 bits per heavy atom. The van der Waals surface area contributed by atoms with Gasteiger partial charge < -0.3 is 15.6 Å². The summed E-state index contributed by atoms with van der Waals surface area (Å²) in [7, 11) is -2.52. The van der Waals surface area contributed by atoms with E-state index in [9.17, 15) is 13.2 Å². The Morgan fingerprint density at radius 3 is 2.65 bits per heavy atom. The van der Waals surface area contributed by atoms with Gasteiger partial charge >= 0.3 is 5.97 Å². The molecule has 1 unspecified atom stereocenters. The maximum absolute atomic E-state index is 12.3. The fraction of sp³-hybridized carbons (Fsp3) is 0.417. The molecule has 0 spiro atoms. The molecule has 7 nitrogen and oxygen atoms in total. The number of carboxylic acids is 1. The summed E-state index contributed by atoms with van der Waals surface area (Å²) >= 11 is 0. The van der Waals surface area contributed by atoms with Crippen molar-refractivity contribution in [1.82, 2.24) is 4.72 Å². The number of aromatic carboxylic acids is 1. The maximum atomic E-state index is 12.3. The Hall–Kier alpha value is -1.64. The van der Waals surface area contributed by atoms with Crippen molar-refractivity contribution in [2.45, 2.75) is 24.3 Å². The zero-order valence-corrected chi connectivity index (χ0v) is 12.1. The Bertz CT molecular complexity index is 586. The molecule has 1 aromatic rings. The molecule has 4 N–H and O–H groups in total. The van der Waals surface area contributed by atoms with Crippen LogP contribution in [0.2, 0.25) is 0 Å². The van der Waals surface area contributed by atoms with E-state index in [1.165, 1.54) is 19.2 Å². The van der Waals surface area contributed by atoms with Crippen molar-refractivity contribution in [3.05, 3.63) is 23.8 Å². The van der Waals surface area contributed by atoms with Gasteiger partial charge in [0.05, 0.1) is 17.1 Å². The number of nitrogens with two attached hydrogens (primary N) is 1. The zero-order valence-electron chi connectivity index (χ0n) is 11.3. The Kier molecular flexibility index (Phi) is 5.49. The molecule has 1 atom stereocenters. The number of sulfonamides is 1. The summed E-state index contributed by atoms with van der Waals surface area (Å²) in [6.07, 6.45) is 0.512. The van der Waals surface area contributed by atoms with Crippen LogP contribution >= 0.6 is 0 Å². The highest BCUT2D eigenvalue weighted by atomic mass is 32.2. The molecular weight excluding hydrogens is 284 g/mol. The van der Waals surface area contributed by atoms with Gasteiger partial charge in [0.25, 0.3) is 0 Å². The molecule has 0 saturated carbocycles. The molecule has 1 rings (SSSR count). The molecule has 0 bridgehead atoms. The zero-order chi connectivity index (χ0) is 15.3. The van der Waals surface area contributed by atoms with Gasteiger partial charge in [-0.2, -0.15) is 0 Å². The van der Waals surface area contributed by atoms with Crippen LogP contribution in [0.1, 0.15) is 23.7 Å². The summed E-state index contributed by atoms with van der Waals surface area (Å²) in [4.78, 5) is 10.8. The lowest BCUT2D eigenvalue weighted by Gasteiger charge is -2.17. The molecule has 1 aromatic carbocycles. The van der Waals surface area contributed by atoms with Crippen molar-refractivity contribution in [1.29, 1.82) is 0 Å². The van der Waals surface area contributed by atoms with E-state index in [1.807, 2.05) is 0 Å². The highest BCUT2D eigenvalue weighted by Crippen LogP contribution is 2.19. The van der Waals surface area contributed by atoms with Gasteiger partial charge in [0.1, 0.15) is 0 Å². The van der Waals surface area contributed by atoms with Crippen LogP contribution in [0.15, 0.2) is 23.1 Å². The molecule has 0 aliphatic carbocycles. The molecule has 0 radical (unpaired) electrons. The normalized spacial score (nSPS) is 13.1. The number of nitrogens with one attached hydrogen (secondary N) is 1. The summed E-state index contributed by atoms with van der Waals surface area (Å²) in [5, 5.41) is 9.06. The van der Waals surface area contributed by atoms with Gasteiger partial charge in [-0.15, -0.1) is 0 Å². The van der Waals surface area contributed by atoms with E-state index in [4.69, 9.17) is 15.6 Å².